The molecule has 0 aliphatic heterocycles. The first kappa shape index (κ1) is 15.0. The lowest BCUT2D eigenvalue weighted by atomic mass is 10.0. The Hall–Kier alpha value is -2.43. The van der Waals surface area contributed by atoms with Crippen LogP contribution in [-0.2, 0) is 9.53 Å². The molecule has 0 radical (unpaired) electrons. The summed E-state index contributed by atoms with van der Waals surface area (Å²) in [5, 5.41) is 4.29. The largest absolute Gasteiger partial charge is 0.467 e. The molecule has 0 bridgehead atoms. The van der Waals surface area contributed by atoms with Crippen molar-refractivity contribution < 1.29 is 9.53 Å². The van der Waals surface area contributed by atoms with Crippen LogP contribution in [0, 0.1) is 13.8 Å². The Kier molecular flexibility index (Phi) is 4.21. The Bertz CT molecular complexity index is 735. The maximum Gasteiger partial charge on any atom is 0.330 e. The van der Waals surface area contributed by atoms with E-state index in [1.165, 1.54) is 18.7 Å². The minimum absolute atomic E-state index is 0.333. The van der Waals surface area contributed by atoms with Crippen LogP contribution < -0.4 is 5.56 Å². The summed E-state index contributed by atoms with van der Waals surface area (Å²) >= 11 is 0. The van der Waals surface area contributed by atoms with Gasteiger partial charge < -0.3 is 4.74 Å². The van der Waals surface area contributed by atoms with Gasteiger partial charge in [0.1, 0.15) is 0 Å². The van der Waals surface area contributed by atoms with E-state index in [0.717, 1.165) is 15.8 Å². The van der Waals surface area contributed by atoms with Crippen molar-refractivity contribution >= 4 is 5.97 Å². The first-order valence-corrected chi connectivity index (χ1v) is 6.69. The van der Waals surface area contributed by atoms with Crippen LogP contribution in [-0.4, -0.2) is 22.9 Å². The normalized spacial score (nSPS) is 12.0. The number of carbonyl (C=O) groups is 1. The fourth-order valence-corrected chi connectivity index (χ4v) is 2.03. The molecule has 1 aromatic carbocycles. The molecule has 0 N–H and O–H groups in total. The lowest BCUT2D eigenvalue weighted by molar-refractivity contribution is -0.144. The number of nitrogens with zero attached hydrogens (tertiary/aromatic N) is 2. The van der Waals surface area contributed by atoms with Crippen LogP contribution in [0.5, 0.6) is 0 Å². The van der Waals surface area contributed by atoms with Gasteiger partial charge in [-0.05, 0) is 44.0 Å². The molecule has 0 fully saturated rings. The van der Waals surface area contributed by atoms with Crippen LogP contribution in [0.3, 0.4) is 0 Å². The molecule has 1 atom stereocenters. The average Bonchev–Trinajstić information content (AvgIpc) is 2.49. The Morgan fingerprint density at radius 2 is 1.90 bits per heavy atom. The molecule has 0 spiro atoms. The van der Waals surface area contributed by atoms with E-state index in [0.29, 0.717) is 5.69 Å². The van der Waals surface area contributed by atoms with Crippen molar-refractivity contribution in [3.8, 4) is 11.3 Å². The molecule has 1 aromatic heterocycles. The molecule has 0 unspecified atom stereocenters. The van der Waals surface area contributed by atoms with E-state index in [2.05, 4.69) is 9.84 Å². The van der Waals surface area contributed by atoms with Gasteiger partial charge in [0.15, 0.2) is 6.04 Å². The summed E-state index contributed by atoms with van der Waals surface area (Å²) in [6.07, 6.45) is 0. The van der Waals surface area contributed by atoms with E-state index < -0.39 is 12.0 Å². The minimum atomic E-state index is -0.756. The molecular formula is C16H18N2O3. The minimum Gasteiger partial charge on any atom is -0.467 e. The van der Waals surface area contributed by atoms with Crippen molar-refractivity contribution in [2.75, 3.05) is 7.11 Å². The zero-order valence-electron chi connectivity index (χ0n) is 12.6. The van der Waals surface area contributed by atoms with E-state index in [9.17, 15) is 9.59 Å². The Balaban J connectivity index is 2.49. The number of aromatic nitrogens is 2. The lowest BCUT2D eigenvalue weighted by Gasteiger charge is -2.13. The van der Waals surface area contributed by atoms with Gasteiger partial charge in [0.2, 0.25) is 0 Å². The van der Waals surface area contributed by atoms with Gasteiger partial charge in [0.05, 0.1) is 12.8 Å². The maximum absolute atomic E-state index is 11.9. The molecule has 21 heavy (non-hydrogen) atoms. The van der Waals surface area contributed by atoms with E-state index in [4.69, 9.17) is 0 Å². The molecule has 110 valence electrons. The third kappa shape index (κ3) is 3.02. The number of ether oxygens (including phenoxy) is 1. The van der Waals surface area contributed by atoms with Crippen LogP contribution in [0.15, 0.2) is 35.1 Å². The van der Waals surface area contributed by atoms with Crippen molar-refractivity contribution in [3.63, 3.8) is 0 Å². The summed E-state index contributed by atoms with van der Waals surface area (Å²) in [7, 11) is 1.29. The predicted octanol–water partition coefficient (Wildman–Crippen LogP) is 2.26. The van der Waals surface area contributed by atoms with E-state index in [-0.39, 0.29) is 5.56 Å². The number of rotatable bonds is 3. The third-order valence-corrected chi connectivity index (χ3v) is 3.54. The fourth-order valence-electron chi connectivity index (χ4n) is 2.03. The summed E-state index contributed by atoms with van der Waals surface area (Å²) in [4.78, 5) is 23.5. The van der Waals surface area contributed by atoms with Gasteiger partial charge in [-0.15, -0.1) is 0 Å². The quantitative estimate of drug-likeness (QED) is 0.812. The average molecular weight is 286 g/mol. The molecule has 2 rings (SSSR count). The Labute approximate surface area is 123 Å². The van der Waals surface area contributed by atoms with E-state index in [1.54, 1.807) is 13.0 Å². The van der Waals surface area contributed by atoms with E-state index in [1.807, 2.05) is 32.0 Å². The third-order valence-electron chi connectivity index (χ3n) is 3.54. The first-order valence-electron chi connectivity index (χ1n) is 6.69. The smallest absolute Gasteiger partial charge is 0.330 e. The topological polar surface area (TPSA) is 61.2 Å². The van der Waals surface area contributed by atoms with Gasteiger partial charge in [0.25, 0.3) is 5.56 Å². The number of hydrogen-bond acceptors (Lipinski definition) is 4. The van der Waals surface area contributed by atoms with Gasteiger partial charge in [-0.2, -0.15) is 5.10 Å². The van der Waals surface area contributed by atoms with Crippen molar-refractivity contribution in [2.45, 2.75) is 26.8 Å². The highest BCUT2D eigenvalue weighted by molar-refractivity contribution is 5.73. The number of aryl methyl sites for hydroxylation is 2. The molecule has 5 heteroatoms. The number of methoxy groups -OCH3 is 1. The monoisotopic (exact) mass is 286 g/mol. The number of esters is 1. The molecule has 2 aromatic rings. The second-order valence-electron chi connectivity index (χ2n) is 5.00. The SMILES string of the molecule is COC(=O)[C@H](C)n1nc(-c2ccc(C)c(C)c2)ccc1=O. The molecule has 5 nitrogen and oxygen atoms in total. The zero-order chi connectivity index (χ0) is 15.6. The summed E-state index contributed by atoms with van der Waals surface area (Å²) in [5.41, 5.74) is 3.56. The van der Waals surface area contributed by atoms with Crippen molar-refractivity contribution in [2.24, 2.45) is 0 Å². The zero-order valence-corrected chi connectivity index (χ0v) is 12.6. The molecular weight excluding hydrogens is 268 g/mol. The van der Waals surface area contributed by atoms with Crippen LogP contribution in [0.1, 0.15) is 24.1 Å². The number of hydrogen-bond donors (Lipinski definition) is 0. The summed E-state index contributed by atoms with van der Waals surface area (Å²) in [6, 6.07) is 8.28. The second kappa shape index (κ2) is 5.91. The highest BCUT2D eigenvalue weighted by Gasteiger charge is 2.18. The summed E-state index contributed by atoms with van der Waals surface area (Å²) < 4.78 is 5.81. The van der Waals surface area contributed by atoms with Crippen LogP contribution in [0.2, 0.25) is 0 Å². The summed E-state index contributed by atoms with van der Waals surface area (Å²) in [6.45, 7) is 5.64. The standard InChI is InChI=1S/C16H18N2O3/c1-10-5-6-13(9-11(10)2)14-7-8-15(19)18(17-14)12(3)16(20)21-4/h5-9,12H,1-4H3/t12-/m0/s1. The summed E-state index contributed by atoms with van der Waals surface area (Å²) in [5.74, 6) is -0.498. The molecule has 0 aliphatic rings. The maximum atomic E-state index is 11.9. The predicted molar refractivity (Wildman–Crippen MR) is 80.1 cm³/mol. The molecule has 1 heterocycles. The highest BCUT2D eigenvalue weighted by atomic mass is 16.5. The van der Waals surface area contributed by atoms with E-state index >= 15 is 0 Å². The molecule has 0 amide bonds. The van der Waals surface area contributed by atoms with Gasteiger partial charge in [0, 0.05) is 11.6 Å². The van der Waals surface area contributed by atoms with Crippen molar-refractivity contribution in [3.05, 3.63) is 51.8 Å². The van der Waals surface area contributed by atoms with Crippen molar-refractivity contribution in [1.29, 1.82) is 0 Å². The van der Waals surface area contributed by atoms with Crippen LogP contribution >= 0.6 is 0 Å². The van der Waals surface area contributed by atoms with Crippen LogP contribution in [0.25, 0.3) is 11.3 Å². The highest BCUT2D eigenvalue weighted by Crippen LogP contribution is 2.19. The Morgan fingerprint density at radius 3 is 2.52 bits per heavy atom. The first-order chi connectivity index (χ1) is 9.93. The molecule has 0 saturated heterocycles. The van der Waals surface area contributed by atoms with Gasteiger partial charge in [-0.25, -0.2) is 9.48 Å². The van der Waals surface area contributed by atoms with Gasteiger partial charge >= 0.3 is 5.97 Å². The Morgan fingerprint density at radius 1 is 1.19 bits per heavy atom. The van der Waals surface area contributed by atoms with Gasteiger partial charge in [-0.1, -0.05) is 12.1 Å². The second-order valence-corrected chi connectivity index (χ2v) is 5.00. The van der Waals surface area contributed by atoms with Gasteiger partial charge in [-0.3, -0.25) is 4.79 Å². The number of benzene rings is 1. The van der Waals surface area contributed by atoms with Crippen LogP contribution in [0.4, 0.5) is 0 Å². The van der Waals surface area contributed by atoms with Crippen molar-refractivity contribution in [1.82, 2.24) is 9.78 Å². The lowest BCUT2D eigenvalue weighted by Crippen LogP contribution is -2.30. The molecule has 0 saturated carbocycles. The fraction of sp³-hybridized carbons (Fsp3) is 0.312. The molecule has 0 aliphatic carbocycles. The number of carbonyl (C=O) groups excluding carboxylic acids is 1.